The van der Waals surface area contributed by atoms with Crippen molar-refractivity contribution in [2.45, 2.75) is 38.5 Å². The van der Waals surface area contributed by atoms with E-state index in [0.717, 1.165) is 0 Å². The van der Waals surface area contributed by atoms with Crippen molar-refractivity contribution in [2.75, 3.05) is 0 Å². The van der Waals surface area contributed by atoms with Gasteiger partial charge >= 0.3 is 0 Å². The second-order valence-corrected chi connectivity index (χ2v) is 3.52. The van der Waals surface area contributed by atoms with Crippen LogP contribution < -0.4 is 0 Å². The Hall–Kier alpha value is -0.780. The lowest BCUT2D eigenvalue weighted by molar-refractivity contribution is 0.686. The molecule has 0 N–H and O–H groups in total. The molecule has 0 aromatic carbocycles. The number of hydrogen-bond acceptors (Lipinski definition) is 0. The van der Waals surface area contributed by atoms with Crippen LogP contribution in [0.1, 0.15) is 38.5 Å². The van der Waals surface area contributed by atoms with Gasteiger partial charge in [0, 0.05) is 0 Å². The van der Waals surface area contributed by atoms with Crippen molar-refractivity contribution >= 4 is 0 Å². The molecule has 0 heterocycles. The third-order valence-corrected chi connectivity index (χ3v) is 2.59. The van der Waals surface area contributed by atoms with E-state index in [0.29, 0.717) is 0 Å². The van der Waals surface area contributed by atoms with E-state index in [1.807, 2.05) is 0 Å². The van der Waals surface area contributed by atoms with Crippen LogP contribution in [0.3, 0.4) is 0 Å². The first-order valence-electron chi connectivity index (χ1n) is 4.92. The lowest BCUT2D eigenvalue weighted by Gasteiger charge is -2.16. The van der Waals surface area contributed by atoms with Crippen LogP contribution in [0.25, 0.3) is 0 Å². The fourth-order valence-electron chi connectivity index (χ4n) is 1.88. The number of allylic oxidation sites excluding steroid dienone is 6. The van der Waals surface area contributed by atoms with Gasteiger partial charge in [-0.05, 0) is 55.7 Å². The van der Waals surface area contributed by atoms with Gasteiger partial charge in [0.05, 0.1) is 0 Å². The summed E-state index contributed by atoms with van der Waals surface area (Å²) in [6, 6.07) is 0. The molecule has 0 aromatic rings. The molecule has 0 saturated carbocycles. The Morgan fingerprint density at radius 1 is 1.17 bits per heavy atom. The predicted molar refractivity (Wildman–Crippen MR) is 51.7 cm³/mol. The Kier molecular flexibility index (Phi) is 2.45. The molecule has 1 radical (unpaired) electrons. The molecule has 0 saturated heterocycles. The van der Waals surface area contributed by atoms with E-state index < -0.39 is 0 Å². The molecular formula is C12H15. The summed E-state index contributed by atoms with van der Waals surface area (Å²) in [5.41, 5.74) is 3.04. The van der Waals surface area contributed by atoms with E-state index in [-0.39, 0.29) is 0 Å². The summed E-state index contributed by atoms with van der Waals surface area (Å²) in [6.07, 6.45) is 17.8. The van der Waals surface area contributed by atoms with Crippen LogP contribution in [-0.4, -0.2) is 0 Å². The van der Waals surface area contributed by atoms with Gasteiger partial charge in [0.2, 0.25) is 0 Å². The molecule has 0 bridgehead atoms. The Labute approximate surface area is 74.7 Å². The topological polar surface area (TPSA) is 0 Å². The van der Waals surface area contributed by atoms with E-state index >= 15 is 0 Å². The highest BCUT2D eigenvalue weighted by molar-refractivity contribution is 5.35. The van der Waals surface area contributed by atoms with Gasteiger partial charge in [0.15, 0.2) is 0 Å². The normalized spacial score (nSPS) is 23.3. The van der Waals surface area contributed by atoms with Gasteiger partial charge in [0.1, 0.15) is 0 Å². The van der Waals surface area contributed by atoms with Crippen molar-refractivity contribution < 1.29 is 0 Å². The van der Waals surface area contributed by atoms with Crippen LogP contribution in [0.5, 0.6) is 0 Å². The second kappa shape index (κ2) is 3.75. The molecule has 0 aliphatic heterocycles. The van der Waals surface area contributed by atoms with Crippen molar-refractivity contribution in [2.24, 2.45) is 0 Å². The molecule has 2 aliphatic carbocycles. The minimum atomic E-state index is 1.18. The van der Waals surface area contributed by atoms with E-state index in [2.05, 4.69) is 24.3 Å². The Bertz CT molecular complexity index is 241. The summed E-state index contributed by atoms with van der Waals surface area (Å²) in [7, 11) is 0. The van der Waals surface area contributed by atoms with Crippen molar-refractivity contribution in [3.8, 4) is 0 Å². The molecule has 2 aliphatic rings. The zero-order chi connectivity index (χ0) is 8.23. The number of hydrogen-bond donors (Lipinski definition) is 0. The second-order valence-electron chi connectivity index (χ2n) is 3.52. The third-order valence-electron chi connectivity index (χ3n) is 2.59. The van der Waals surface area contributed by atoms with Gasteiger partial charge in [-0.3, -0.25) is 0 Å². The minimum absolute atomic E-state index is 1.18. The molecule has 2 rings (SSSR count). The quantitative estimate of drug-likeness (QED) is 0.548. The van der Waals surface area contributed by atoms with Gasteiger partial charge in [0.25, 0.3) is 0 Å². The summed E-state index contributed by atoms with van der Waals surface area (Å²) < 4.78 is 0. The fourth-order valence-corrected chi connectivity index (χ4v) is 1.88. The molecule has 0 unspecified atom stereocenters. The maximum Gasteiger partial charge on any atom is -0.0241 e. The monoisotopic (exact) mass is 159 g/mol. The predicted octanol–water partition coefficient (Wildman–Crippen LogP) is 3.57. The van der Waals surface area contributed by atoms with Gasteiger partial charge in [-0.2, -0.15) is 0 Å². The third kappa shape index (κ3) is 1.69. The summed E-state index contributed by atoms with van der Waals surface area (Å²) in [4.78, 5) is 0. The van der Waals surface area contributed by atoms with E-state index in [1.165, 1.54) is 49.7 Å². The van der Waals surface area contributed by atoms with E-state index in [1.54, 1.807) is 0 Å². The van der Waals surface area contributed by atoms with Crippen LogP contribution >= 0.6 is 0 Å². The van der Waals surface area contributed by atoms with E-state index in [9.17, 15) is 0 Å². The smallest absolute Gasteiger partial charge is 0.0241 e. The molecule has 0 amide bonds. The highest BCUT2D eigenvalue weighted by Crippen LogP contribution is 2.27. The largest absolute Gasteiger partial charge is 0.0842 e. The zero-order valence-electron chi connectivity index (χ0n) is 7.47. The van der Waals surface area contributed by atoms with Gasteiger partial charge in [-0.25, -0.2) is 0 Å². The molecule has 0 heteroatoms. The lowest BCUT2D eigenvalue weighted by atomic mass is 9.89. The average Bonchev–Trinajstić information content (AvgIpc) is 2.21. The summed E-state index contributed by atoms with van der Waals surface area (Å²) in [5.74, 6) is 0. The van der Waals surface area contributed by atoms with Crippen molar-refractivity contribution in [3.63, 3.8) is 0 Å². The molecule has 0 fully saturated rings. The van der Waals surface area contributed by atoms with Crippen molar-refractivity contribution in [1.29, 1.82) is 0 Å². The lowest BCUT2D eigenvalue weighted by Crippen LogP contribution is -1.97. The first-order valence-corrected chi connectivity index (χ1v) is 4.92. The first kappa shape index (κ1) is 7.85. The van der Waals surface area contributed by atoms with Crippen LogP contribution in [0.2, 0.25) is 0 Å². The van der Waals surface area contributed by atoms with Crippen LogP contribution in [0.15, 0.2) is 29.4 Å². The molecule has 0 spiro atoms. The SMILES string of the molecule is [C]1=C(C2=CC=CCC2)CCCC1. The van der Waals surface area contributed by atoms with Crippen LogP contribution in [0, 0.1) is 6.08 Å². The van der Waals surface area contributed by atoms with Gasteiger partial charge < -0.3 is 0 Å². The first-order chi connectivity index (χ1) is 5.97. The van der Waals surface area contributed by atoms with Crippen LogP contribution in [0.4, 0.5) is 0 Å². The molecular weight excluding hydrogens is 144 g/mol. The standard InChI is InChI=1S/C12H15/c1-3-7-11(8-4-1)12-9-5-2-6-10-12/h1,3,7H,2,4-6,8-9H2. The highest BCUT2D eigenvalue weighted by Gasteiger charge is 2.09. The zero-order valence-corrected chi connectivity index (χ0v) is 7.47. The van der Waals surface area contributed by atoms with Gasteiger partial charge in [-0.15, -0.1) is 0 Å². The Morgan fingerprint density at radius 3 is 2.83 bits per heavy atom. The fraction of sp³-hybridized carbons (Fsp3) is 0.500. The van der Waals surface area contributed by atoms with Gasteiger partial charge in [-0.1, -0.05) is 18.2 Å². The molecule has 12 heavy (non-hydrogen) atoms. The molecule has 63 valence electrons. The van der Waals surface area contributed by atoms with Crippen molar-refractivity contribution in [1.82, 2.24) is 0 Å². The average molecular weight is 159 g/mol. The summed E-state index contributed by atoms with van der Waals surface area (Å²) in [6.45, 7) is 0. The maximum atomic E-state index is 3.50. The summed E-state index contributed by atoms with van der Waals surface area (Å²) in [5, 5.41) is 0. The minimum Gasteiger partial charge on any atom is -0.0842 e. The summed E-state index contributed by atoms with van der Waals surface area (Å²) >= 11 is 0. The molecule has 0 aromatic heterocycles. The highest BCUT2D eigenvalue weighted by atomic mass is 14.1. The Balaban J connectivity index is 2.11. The maximum absolute atomic E-state index is 3.50. The van der Waals surface area contributed by atoms with Crippen LogP contribution in [-0.2, 0) is 0 Å². The van der Waals surface area contributed by atoms with Crippen molar-refractivity contribution in [3.05, 3.63) is 35.5 Å². The van der Waals surface area contributed by atoms with E-state index in [4.69, 9.17) is 0 Å². The molecule has 0 nitrogen and oxygen atoms in total. The Morgan fingerprint density at radius 2 is 2.17 bits per heavy atom. The number of rotatable bonds is 1. The molecule has 0 atom stereocenters.